The van der Waals surface area contributed by atoms with Crippen LogP contribution in [0.3, 0.4) is 0 Å². The first-order valence-electron chi connectivity index (χ1n) is 10.6. The van der Waals surface area contributed by atoms with E-state index in [2.05, 4.69) is 11.8 Å². The van der Waals surface area contributed by atoms with Crippen LogP contribution < -0.4 is 0 Å². The minimum absolute atomic E-state index is 0.211. The summed E-state index contributed by atoms with van der Waals surface area (Å²) in [4.78, 5) is 0. The number of benzene rings is 3. The van der Waals surface area contributed by atoms with Crippen LogP contribution in [0.15, 0.2) is 42.5 Å². The Morgan fingerprint density at radius 2 is 1.52 bits per heavy atom. The minimum Gasteiger partial charge on any atom is -0.385 e. The molecule has 0 bridgehead atoms. The molecule has 0 aromatic heterocycles. The van der Waals surface area contributed by atoms with Gasteiger partial charge < -0.3 is 14.2 Å². The van der Waals surface area contributed by atoms with Gasteiger partial charge in [0.2, 0.25) is 0 Å². The lowest BCUT2D eigenvalue weighted by Gasteiger charge is -2.29. The second kappa shape index (κ2) is 10.3. The lowest BCUT2D eigenvalue weighted by Crippen LogP contribution is -2.27. The summed E-state index contributed by atoms with van der Waals surface area (Å²) in [6.07, 6.45) is 0.928. The Morgan fingerprint density at radius 1 is 0.848 bits per heavy atom. The van der Waals surface area contributed by atoms with Crippen molar-refractivity contribution in [3.63, 3.8) is 0 Å². The zero-order chi connectivity index (χ0) is 23.4. The smallest absolute Gasteiger partial charge is 0.184 e. The highest BCUT2D eigenvalue weighted by Crippen LogP contribution is 2.29. The molecule has 0 amide bonds. The molecular weight excluding hydrogens is 436 g/mol. The molecule has 0 spiro atoms. The maximum absolute atomic E-state index is 14.6. The summed E-state index contributed by atoms with van der Waals surface area (Å²) in [6, 6.07) is 9.11. The second-order valence-electron chi connectivity index (χ2n) is 7.94. The van der Waals surface area contributed by atoms with Crippen molar-refractivity contribution >= 4 is 10.8 Å². The third-order valence-electron chi connectivity index (χ3n) is 5.48. The van der Waals surface area contributed by atoms with Crippen LogP contribution in [0.25, 0.3) is 10.8 Å². The number of methoxy groups -OCH3 is 1. The van der Waals surface area contributed by atoms with Gasteiger partial charge in [0, 0.05) is 30.8 Å². The molecule has 0 radical (unpaired) electrons. The molecule has 3 nitrogen and oxygen atoms in total. The summed E-state index contributed by atoms with van der Waals surface area (Å²) in [5, 5.41) is 0.929. The molecule has 0 N–H and O–H groups in total. The van der Waals surface area contributed by atoms with Crippen LogP contribution >= 0.6 is 0 Å². The molecule has 0 saturated carbocycles. The van der Waals surface area contributed by atoms with Crippen LogP contribution in [0, 0.1) is 41.0 Å². The van der Waals surface area contributed by atoms with Crippen molar-refractivity contribution in [1.29, 1.82) is 0 Å². The van der Waals surface area contributed by atoms with Crippen molar-refractivity contribution in [2.75, 3.05) is 26.9 Å². The molecule has 0 unspecified atom stereocenters. The average Bonchev–Trinajstić information content (AvgIpc) is 2.80. The zero-order valence-electron chi connectivity index (χ0n) is 18.0. The van der Waals surface area contributed by atoms with E-state index >= 15 is 0 Å². The van der Waals surface area contributed by atoms with Crippen molar-refractivity contribution in [2.45, 2.75) is 19.1 Å². The summed E-state index contributed by atoms with van der Waals surface area (Å²) >= 11 is 0. The Kier molecular flexibility index (Phi) is 7.29. The maximum Gasteiger partial charge on any atom is 0.184 e. The van der Waals surface area contributed by atoms with Gasteiger partial charge in [0.25, 0.3) is 0 Å². The van der Waals surface area contributed by atoms with Crippen molar-refractivity contribution in [3.8, 4) is 11.8 Å². The first-order chi connectivity index (χ1) is 15.9. The van der Waals surface area contributed by atoms with E-state index in [1.54, 1.807) is 19.2 Å². The fourth-order valence-corrected chi connectivity index (χ4v) is 3.72. The molecule has 1 saturated heterocycles. The molecule has 0 aliphatic carbocycles. The standard InChI is InChI=1S/C26H22F4O3/c1-31-8-2-3-17-14-32-26(33-15-17)20-12-22(27)21(23(28)13-20)7-5-16-4-6-18-10-24(29)25(30)11-19(18)9-16/h4,6,9-13,17,26H,2-3,8,14-15H2,1H3. The van der Waals surface area contributed by atoms with Gasteiger partial charge in [-0.05, 0) is 60.0 Å². The summed E-state index contributed by atoms with van der Waals surface area (Å²) < 4.78 is 72.5. The maximum atomic E-state index is 14.6. The fraction of sp³-hybridized carbons (Fsp3) is 0.308. The lowest BCUT2D eigenvalue weighted by molar-refractivity contribution is -0.206. The summed E-state index contributed by atoms with van der Waals surface area (Å²) in [6.45, 7) is 1.53. The van der Waals surface area contributed by atoms with E-state index in [1.807, 2.05) is 0 Å². The quantitative estimate of drug-likeness (QED) is 0.271. The topological polar surface area (TPSA) is 27.7 Å². The van der Waals surface area contributed by atoms with Gasteiger partial charge >= 0.3 is 0 Å². The van der Waals surface area contributed by atoms with Crippen molar-refractivity contribution in [3.05, 3.63) is 82.4 Å². The van der Waals surface area contributed by atoms with Gasteiger partial charge in [-0.2, -0.15) is 0 Å². The monoisotopic (exact) mass is 458 g/mol. The number of halogens is 4. The summed E-state index contributed by atoms with van der Waals surface area (Å²) in [5.41, 5.74) is 0.265. The molecule has 172 valence electrons. The third-order valence-corrected chi connectivity index (χ3v) is 5.48. The third kappa shape index (κ3) is 5.53. The van der Waals surface area contributed by atoms with E-state index in [-0.39, 0.29) is 11.5 Å². The van der Waals surface area contributed by atoms with Gasteiger partial charge in [-0.15, -0.1) is 0 Å². The van der Waals surface area contributed by atoms with Crippen LogP contribution in [0.1, 0.15) is 35.8 Å². The Labute approximate surface area is 189 Å². The molecular formula is C26H22F4O3. The van der Waals surface area contributed by atoms with Gasteiger partial charge in [0.15, 0.2) is 17.9 Å². The zero-order valence-corrected chi connectivity index (χ0v) is 18.0. The molecule has 1 aliphatic rings. The highest BCUT2D eigenvalue weighted by molar-refractivity contribution is 5.84. The molecule has 1 heterocycles. The van der Waals surface area contributed by atoms with E-state index in [4.69, 9.17) is 14.2 Å². The molecule has 3 aromatic rings. The van der Waals surface area contributed by atoms with E-state index in [0.29, 0.717) is 36.2 Å². The Morgan fingerprint density at radius 3 is 2.18 bits per heavy atom. The van der Waals surface area contributed by atoms with E-state index in [1.165, 1.54) is 6.07 Å². The first-order valence-corrected chi connectivity index (χ1v) is 10.6. The second-order valence-corrected chi connectivity index (χ2v) is 7.94. The predicted octanol–water partition coefficient (Wildman–Crippen LogP) is 5.88. The minimum atomic E-state index is -0.978. The highest BCUT2D eigenvalue weighted by Gasteiger charge is 2.25. The molecule has 3 aromatic carbocycles. The molecule has 1 aliphatic heterocycles. The summed E-state index contributed by atoms with van der Waals surface area (Å²) in [7, 11) is 1.65. The molecule has 0 atom stereocenters. The van der Waals surface area contributed by atoms with Crippen molar-refractivity contribution in [2.24, 2.45) is 5.92 Å². The van der Waals surface area contributed by atoms with E-state index in [0.717, 1.165) is 37.1 Å². The van der Waals surface area contributed by atoms with Crippen molar-refractivity contribution < 1.29 is 31.8 Å². The van der Waals surface area contributed by atoms with E-state index in [9.17, 15) is 17.6 Å². The van der Waals surface area contributed by atoms with Crippen LogP contribution in [-0.4, -0.2) is 26.9 Å². The van der Waals surface area contributed by atoms with Gasteiger partial charge in [0.05, 0.1) is 18.8 Å². The number of rotatable bonds is 5. The highest BCUT2D eigenvalue weighted by atomic mass is 19.2. The Balaban J connectivity index is 1.48. The summed E-state index contributed by atoms with van der Waals surface area (Å²) in [5.74, 6) is 1.79. The number of fused-ring (bicyclic) bond motifs is 1. The van der Waals surface area contributed by atoms with Crippen LogP contribution in [0.4, 0.5) is 17.6 Å². The molecule has 7 heteroatoms. The largest absolute Gasteiger partial charge is 0.385 e. The van der Waals surface area contributed by atoms with Crippen LogP contribution in [0.2, 0.25) is 0 Å². The molecule has 4 rings (SSSR count). The molecule has 1 fully saturated rings. The normalized spacial score (nSPS) is 18.2. The van der Waals surface area contributed by atoms with Gasteiger partial charge in [-0.3, -0.25) is 0 Å². The fourth-order valence-electron chi connectivity index (χ4n) is 3.72. The van der Waals surface area contributed by atoms with Gasteiger partial charge in [-0.1, -0.05) is 17.9 Å². The first kappa shape index (κ1) is 23.2. The van der Waals surface area contributed by atoms with Gasteiger partial charge in [-0.25, -0.2) is 17.6 Å². The van der Waals surface area contributed by atoms with Gasteiger partial charge in [0.1, 0.15) is 11.6 Å². The lowest BCUT2D eigenvalue weighted by atomic mass is 10.0. The van der Waals surface area contributed by atoms with Crippen molar-refractivity contribution in [1.82, 2.24) is 0 Å². The SMILES string of the molecule is COCCCC1COC(c2cc(F)c(C#Cc3ccc4cc(F)c(F)cc4c3)c(F)c2)OC1. The number of hydrogen-bond acceptors (Lipinski definition) is 3. The van der Waals surface area contributed by atoms with E-state index < -0.39 is 35.1 Å². The molecule has 33 heavy (non-hydrogen) atoms. The van der Waals surface area contributed by atoms with Crippen LogP contribution in [-0.2, 0) is 14.2 Å². The number of hydrogen-bond donors (Lipinski definition) is 0. The Hall–Kier alpha value is -2.92. The van der Waals surface area contributed by atoms with Crippen LogP contribution in [0.5, 0.6) is 0 Å². The average molecular weight is 458 g/mol. The predicted molar refractivity (Wildman–Crippen MR) is 115 cm³/mol. The Bertz CT molecular complexity index is 1180. The number of ether oxygens (including phenoxy) is 3.